The minimum Gasteiger partial charge on any atom is -0.378 e. The summed E-state index contributed by atoms with van der Waals surface area (Å²) in [5.74, 6) is 1.39. The predicted molar refractivity (Wildman–Crippen MR) is 102 cm³/mol. The lowest BCUT2D eigenvalue weighted by Crippen LogP contribution is -2.06. The van der Waals surface area contributed by atoms with Crippen LogP contribution in [-0.2, 0) is 5.75 Å². The summed E-state index contributed by atoms with van der Waals surface area (Å²) in [5.41, 5.74) is 9.50. The first-order valence-corrected chi connectivity index (χ1v) is 9.18. The van der Waals surface area contributed by atoms with E-state index in [1.165, 1.54) is 11.1 Å². The van der Waals surface area contributed by atoms with E-state index in [1.807, 2.05) is 30.3 Å². The molecule has 0 bridgehead atoms. The Morgan fingerprint density at radius 2 is 1.86 bits per heavy atom. The SMILES string of the molecule is CC[C@H](C)c1ccc(N=C(N)SCc2ccccc2Br)cc1. The number of aliphatic imine (C=N–C) groups is 1. The zero-order valence-electron chi connectivity index (χ0n) is 12.9. The Hall–Kier alpha value is -1.26. The average Bonchev–Trinajstić information content (AvgIpc) is 2.54. The molecule has 0 aliphatic rings. The van der Waals surface area contributed by atoms with Gasteiger partial charge in [-0.15, -0.1) is 0 Å². The molecule has 2 aromatic carbocycles. The summed E-state index contributed by atoms with van der Waals surface area (Å²) in [4.78, 5) is 4.47. The molecule has 2 aromatic rings. The topological polar surface area (TPSA) is 38.4 Å². The summed E-state index contributed by atoms with van der Waals surface area (Å²) < 4.78 is 1.10. The standard InChI is InChI=1S/C18H21BrN2S/c1-3-13(2)14-8-10-16(11-9-14)21-18(20)22-12-15-6-4-5-7-17(15)19/h4-11,13H,3,12H2,1-2H3,(H2,20,21)/t13-/m0/s1. The summed E-state index contributed by atoms with van der Waals surface area (Å²) in [5, 5.41) is 0.590. The molecule has 2 nitrogen and oxygen atoms in total. The van der Waals surface area contributed by atoms with E-state index in [1.54, 1.807) is 11.8 Å². The molecule has 22 heavy (non-hydrogen) atoms. The molecule has 0 heterocycles. The summed E-state index contributed by atoms with van der Waals surface area (Å²) in [6.45, 7) is 4.44. The van der Waals surface area contributed by atoms with Gasteiger partial charge in [0.2, 0.25) is 0 Å². The highest BCUT2D eigenvalue weighted by Crippen LogP contribution is 2.24. The van der Waals surface area contributed by atoms with Crippen LogP contribution >= 0.6 is 27.7 Å². The van der Waals surface area contributed by atoms with Gasteiger partial charge in [0, 0.05) is 10.2 Å². The van der Waals surface area contributed by atoms with Crippen LogP contribution < -0.4 is 5.73 Å². The first-order chi connectivity index (χ1) is 10.6. The van der Waals surface area contributed by atoms with Crippen LogP contribution in [0, 0.1) is 0 Å². The van der Waals surface area contributed by atoms with Crippen LogP contribution in [-0.4, -0.2) is 5.17 Å². The highest BCUT2D eigenvalue weighted by molar-refractivity contribution is 9.10. The minimum absolute atomic E-state index is 0.584. The van der Waals surface area contributed by atoms with Crippen LogP contribution in [0.25, 0.3) is 0 Å². The molecule has 0 saturated heterocycles. The smallest absolute Gasteiger partial charge is 0.159 e. The van der Waals surface area contributed by atoms with E-state index in [0.717, 1.165) is 22.3 Å². The molecule has 0 aromatic heterocycles. The fraction of sp³-hybridized carbons (Fsp3) is 0.278. The summed E-state index contributed by atoms with van der Waals surface area (Å²) in [6.07, 6.45) is 1.15. The van der Waals surface area contributed by atoms with E-state index in [0.29, 0.717) is 11.1 Å². The molecule has 1 atom stereocenters. The third kappa shape index (κ3) is 4.89. The molecule has 0 spiro atoms. The van der Waals surface area contributed by atoms with Crippen molar-refractivity contribution in [1.29, 1.82) is 0 Å². The van der Waals surface area contributed by atoms with Gasteiger partial charge in [0.1, 0.15) is 0 Å². The number of benzene rings is 2. The number of nitrogens with zero attached hydrogens (tertiary/aromatic N) is 1. The Morgan fingerprint density at radius 1 is 1.18 bits per heavy atom. The third-order valence-corrected chi connectivity index (χ3v) is 5.26. The Labute approximate surface area is 145 Å². The largest absolute Gasteiger partial charge is 0.378 e. The van der Waals surface area contributed by atoms with Gasteiger partial charge in [0.15, 0.2) is 5.17 Å². The molecule has 0 aliphatic heterocycles. The summed E-state index contributed by atoms with van der Waals surface area (Å²) in [6, 6.07) is 16.5. The van der Waals surface area contributed by atoms with Crippen LogP contribution in [0.15, 0.2) is 58.0 Å². The molecule has 0 unspecified atom stereocenters. The van der Waals surface area contributed by atoms with Gasteiger partial charge in [-0.3, -0.25) is 0 Å². The zero-order chi connectivity index (χ0) is 15.9. The summed E-state index contributed by atoms with van der Waals surface area (Å²) >= 11 is 5.10. The highest BCUT2D eigenvalue weighted by Gasteiger charge is 2.03. The van der Waals surface area contributed by atoms with E-state index < -0.39 is 0 Å². The Bertz CT molecular complexity index is 638. The maximum atomic E-state index is 6.03. The lowest BCUT2D eigenvalue weighted by molar-refractivity contribution is 0.734. The molecule has 0 saturated carbocycles. The lowest BCUT2D eigenvalue weighted by Gasteiger charge is -2.08. The van der Waals surface area contributed by atoms with Crippen molar-refractivity contribution < 1.29 is 0 Å². The minimum atomic E-state index is 0.584. The molecule has 116 valence electrons. The third-order valence-electron chi connectivity index (χ3n) is 3.65. The molecule has 2 N–H and O–H groups in total. The fourth-order valence-electron chi connectivity index (χ4n) is 2.04. The van der Waals surface area contributed by atoms with E-state index in [4.69, 9.17) is 5.73 Å². The molecule has 0 aliphatic carbocycles. The van der Waals surface area contributed by atoms with Crippen molar-refractivity contribution in [2.75, 3.05) is 0 Å². The van der Waals surface area contributed by atoms with Gasteiger partial charge in [-0.25, -0.2) is 4.99 Å². The van der Waals surface area contributed by atoms with Crippen LogP contribution in [0.5, 0.6) is 0 Å². The first-order valence-electron chi connectivity index (χ1n) is 7.40. The maximum Gasteiger partial charge on any atom is 0.159 e. The van der Waals surface area contributed by atoms with Gasteiger partial charge in [0.25, 0.3) is 0 Å². The lowest BCUT2D eigenvalue weighted by atomic mass is 9.99. The first kappa shape index (κ1) is 17.1. The van der Waals surface area contributed by atoms with Crippen LogP contribution in [0.2, 0.25) is 0 Å². The van der Waals surface area contributed by atoms with Gasteiger partial charge in [-0.05, 0) is 41.7 Å². The second-order valence-electron chi connectivity index (χ2n) is 5.23. The van der Waals surface area contributed by atoms with Gasteiger partial charge in [0.05, 0.1) is 5.69 Å². The van der Waals surface area contributed by atoms with Crippen molar-refractivity contribution in [1.82, 2.24) is 0 Å². The van der Waals surface area contributed by atoms with Crippen molar-refractivity contribution in [3.63, 3.8) is 0 Å². The number of nitrogens with two attached hydrogens (primary N) is 1. The van der Waals surface area contributed by atoms with Gasteiger partial charge >= 0.3 is 0 Å². The van der Waals surface area contributed by atoms with Gasteiger partial charge < -0.3 is 5.73 Å². The normalized spacial score (nSPS) is 13.1. The zero-order valence-corrected chi connectivity index (χ0v) is 15.3. The maximum absolute atomic E-state index is 6.03. The van der Waals surface area contributed by atoms with Crippen molar-refractivity contribution in [3.05, 3.63) is 64.1 Å². The van der Waals surface area contributed by atoms with Gasteiger partial charge in [-0.2, -0.15) is 0 Å². The Kier molecular flexibility index (Phi) is 6.52. The molecular formula is C18H21BrN2S. The average molecular weight is 377 g/mol. The van der Waals surface area contributed by atoms with E-state index in [2.05, 4.69) is 53.0 Å². The molecule has 4 heteroatoms. The number of thioether (sulfide) groups is 1. The summed E-state index contributed by atoms with van der Waals surface area (Å²) in [7, 11) is 0. The highest BCUT2D eigenvalue weighted by atomic mass is 79.9. The number of hydrogen-bond donors (Lipinski definition) is 1. The van der Waals surface area contributed by atoms with Crippen LogP contribution in [0.4, 0.5) is 5.69 Å². The van der Waals surface area contributed by atoms with Crippen molar-refractivity contribution >= 4 is 38.5 Å². The number of hydrogen-bond acceptors (Lipinski definition) is 2. The number of rotatable bonds is 5. The molecule has 2 rings (SSSR count). The predicted octanol–water partition coefficient (Wildman–Crippen LogP) is 5.84. The molecule has 0 amide bonds. The van der Waals surface area contributed by atoms with E-state index in [-0.39, 0.29) is 0 Å². The fourth-order valence-corrected chi connectivity index (χ4v) is 3.38. The monoisotopic (exact) mass is 376 g/mol. The van der Waals surface area contributed by atoms with Crippen molar-refractivity contribution in [2.24, 2.45) is 10.7 Å². The molecule has 0 fully saturated rings. The van der Waals surface area contributed by atoms with Crippen molar-refractivity contribution in [3.8, 4) is 0 Å². The second kappa shape index (κ2) is 8.39. The van der Waals surface area contributed by atoms with E-state index in [9.17, 15) is 0 Å². The van der Waals surface area contributed by atoms with E-state index >= 15 is 0 Å². The number of halogens is 1. The Balaban J connectivity index is 1.98. The Morgan fingerprint density at radius 3 is 2.50 bits per heavy atom. The van der Waals surface area contributed by atoms with Crippen molar-refractivity contribution in [2.45, 2.75) is 31.9 Å². The quantitative estimate of drug-likeness (QED) is 0.525. The molecule has 0 radical (unpaired) electrons. The van der Waals surface area contributed by atoms with Gasteiger partial charge in [-0.1, -0.05) is 71.9 Å². The second-order valence-corrected chi connectivity index (χ2v) is 7.08. The molecular weight excluding hydrogens is 356 g/mol. The number of amidine groups is 1. The van der Waals surface area contributed by atoms with Crippen LogP contribution in [0.1, 0.15) is 37.3 Å². The van der Waals surface area contributed by atoms with Crippen LogP contribution in [0.3, 0.4) is 0 Å².